The first-order valence-corrected chi connectivity index (χ1v) is 8.72. The Hall–Kier alpha value is -2.69. The summed E-state index contributed by atoms with van der Waals surface area (Å²) in [7, 11) is 0. The number of benzene rings is 2. The number of carbonyl (C=O) groups is 2. The average molecular weight is 354 g/mol. The van der Waals surface area contributed by atoms with Gasteiger partial charge in [0.15, 0.2) is 0 Å². The molecule has 0 saturated carbocycles. The van der Waals surface area contributed by atoms with Crippen molar-refractivity contribution in [3.63, 3.8) is 0 Å². The van der Waals surface area contributed by atoms with Crippen LogP contribution in [0.5, 0.6) is 0 Å². The first kappa shape index (κ1) is 18.1. The van der Waals surface area contributed by atoms with Crippen LogP contribution in [0.4, 0.5) is 15.8 Å². The lowest BCUT2D eigenvalue weighted by Gasteiger charge is -2.21. The Kier molecular flexibility index (Phi) is 4.57. The van der Waals surface area contributed by atoms with Crippen LogP contribution < -0.4 is 10.6 Å². The van der Waals surface area contributed by atoms with Gasteiger partial charge in [-0.2, -0.15) is 0 Å². The molecule has 0 radical (unpaired) electrons. The number of amides is 2. The SMILES string of the molecule is CC(C)C(C(=O)Nc1ccc2c(c1)C(C)(C)C(=O)N2)c1ccc(F)cc1. The van der Waals surface area contributed by atoms with Crippen molar-refractivity contribution in [3.8, 4) is 0 Å². The Balaban J connectivity index is 1.86. The molecule has 1 aliphatic rings. The van der Waals surface area contributed by atoms with Gasteiger partial charge in [0.2, 0.25) is 11.8 Å². The maximum atomic E-state index is 13.2. The molecule has 0 fully saturated rings. The standard InChI is InChI=1S/C21H23FN2O2/c1-12(2)18(13-5-7-14(22)8-6-13)19(25)23-15-9-10-17-16(11-15)21(3,4)20(26)24-17/h5-12,18H,1-4H3,(H,23,25)(H,24,26). The summed E-state index contributed by atoms with van der Waals surface area (Å²) < 4.78 is 13.2. The molecule has 1 unspecified atom stereocenters. The second-order valence-corrected chi connectivity index (χ2v) is 7.60. The topological polar surface area (TPSA) is 58.2 Å². The molecule has 5 heteroatoms. The van der Waals surface area contributed by atoms with Gasteiger partial charge < -0.3 is 10.6 Å². The van der Waals surface area contributed by atoms with Gasteiger partial charge in [-0.1, -0.05) is 26.0 Å². The first-order chi connectivity index (χ1) is 12.2. The summed E-state index contributed by atoms with van der Waals surface area (Å²) in [6.07, 6.45) is 0. The minimum Gasteiger partial charge on any atom is -0.326 e. The summed E-state index contributed by atoms with van der Waals surface area (Å²) in [6, 6.07) is 11.5. The van der Waals surface area contributed by atoms with Crippen LogP contribution in [-0.4, -0.2) is 11.8 Å². The van der Waals surface area contributed by atoms with Crippen LogP contribution in [0.3, 0.4) is 0 Å². The molecule has 0 aromatic heterocycles. The summed E-state index contributed by atoms with van der Waals surface area (Å²) in [4.78, 5) is 24.9. The zero-order valence-electron chi connectivity index (χ0n) is 15.4. The van der Waals surface area contributed by atoms with Gasteiger partial charge in [-0.15, -0.1) is 0 Å². The molecule has 0 saturated heterocycles. The van der Waals surface area contributed by atoms with E-state index < -0.39 is 11.3 Å². The smallest absolute Gasteiger partial charge is 0.234 e. The van der Waals surface area contributed by atoms with E-state index in [-0.39, 0.29) is 23.5 Å². The summed E-state index contributed by atoms with van der Waals surface area (Å²) in [5.41, 5.74) is 2.42. The zero-order chi connectivity index (χ0) is 19.1. The number of rotatable bonds is 4. The fourth-order valence-corrected chi connectivity index (χ4v) is 3.38. The van der Waals surface area contributed by atoms with Crippen LogP contribution in [0.2, 0.25) is 0 Å². The van der Waals surface area contributed by atoms with Crippen LogP contribution in [0, 0.1) is 11.7 Å². The minimum absolute atomic E-state index is 0.0505. The van der Waals surface area contributed by atoms with Crippen LogP contribution in [0.25, 0.3) is 0 Å². The van der Waals surface area contributed by atoms with Crippen molar-refractivity contribution >= 4 is 23.2 Å². The Morgan fingerprint density at radius 1 is 1.12 bits per heavy atom. The van der Waals surface area contributed by atoms with Crippen LogP contribution >= 0.6 is 0 Å². The van der Waals surface area contributed by atoms with E-state index in [0.717, 1.165) is 16.8 Å². The third-order valence-corrected chi connectivity index (χ3v) is 4.95. The first-order valence-electron chi connectivity index (χ1n) is 8.72. The molecule has 1 aliphatic heterocycles. The largest absolute Gasteiger partial charge is 0.326 e. The van der Waals surface area contributed by atoms with Gasteiger partial charge in [0, 0.05) is 11.4 Å². The predicted molar refractivity (Wildman–Crippen MR) is 101 cm³/mol. The lowest BCUT2D eigenvalue weighted by atomic mass is 9.85. The average Bonchev–Trinajstić information content (AvgIpc) is 2.79. The molecule has 3 rings (SSSR count). The molecule has 2 aromatic carbocycles. The molecule has 0 bridgehead atoms. The molecule has 136 valence electrons. The molecule has 26 heavy (non-hydrogen) atoms. The number of hydrogen-bond acceptors (Lipinski definition) is 2. The second kappa shape index (κ2) is 6.56. The van der Waals surface area contributed by atoms with E-state index in [1.165, 1.54) is 12.1 Å². The Bertz CT molecular complexity index is 857. The molecule has 2 amide bonds. The molecule has 1 atom stereocenters. The summed E-state index contributed by atoms with van der Waals surface area (Å²) >= 11 is 0. The molecular formula is C21H23FN2O2. The van der Waals surface area contributed by atoms with E-state index in [4.69, 9.17) is 0 Å². The number of anilines is 2. The highest BCUT2D eigenvalue weighted by Gasteiger charge is 2.38. The second-order valence-electron chi connectivity index (χ2n) is 7.60. The van der Waals surface area contributed by atoms with Crippen molar-refractivity contribution in [1.82, 2.24) is 0 Å². The van der Waals surface area contributed by atoms with E-state index in [1.54, 1.807) is 24.3 Å². The van der Waals surface area contributed by atoms with Gasteiger partial charge in [0.25, 0.3) is 0 Å². The molecule has 1 heterocycles. The van der Waals surface area contributed by atoms with Gasteiger partial charge >= 0.3 is 0 Å². The summed E-state index contributed by atoms with van der Waals surface area (Å²) in [5.74, 6) is -0.870. The van der Waals surface area contributed by atoms with Gasteiger partial charge in [-0.25, -0.2) is 4.39 Å². The Labute approximate surface area is 152 Å². The summed E-state index contributed by atoms with van der Waals surface area (Å²) in [5, 5.41) is 5.80. The van der Waals surface area contributed by atoms with E-state index in [9.17, 15) is 14.0 Å². The lowest BCUT2D eigenvalue weighted by Crippen LogP contribution is -2.27. The Morgan fingerprint density at radius 3 is 2.38 bits per heavy atom. The number of nitrogens with one attached hydrogen (secondary N) is 2. The third kappa shape index (κ3) is 3.21. The normalized spacial score (nSPS) is 16.2. The van der Waals surface area contributed by atoms with Crippen molar-refractivity contribution < 1.29 is 14.0 Å². The molecule has 4 nitrogen and oxygen atoms in total. The number of hydrogen-bond donors (Lipinski definition) is 2. The van der Waals surface area contributed by atoms with E-state index in [2.05, 4.69) is 10.6 Å². The number of carbonyl (C=O) groups excluding carboxylic acids is 2. The monoisotopic (exact) mass is 354 g/mol. The van der Waals surface area contributed by atoms with Crippen molar-refractivity contribution in [2.75, 3.05) is 10.6 Å². The fourth-order valence-electron chi connectivity index (χ4n) is 3.38. The van der Waals surface area contributed by atoms with E-state index in [0.29, 0.717) is 5.69 Å². The summed E-state index contributed by atoms with van der Waals surface area (Å²) in [6.45, 7) is 7.63. The number of halogens is 1. The minimum atomic E-state index is -0.634. The van der Waals surface area contributed by atoms with Gasteiger partial charge in [0.1, 0.15) is 5.82 Å². The number of fused-ring (bicyclic) bond motifs is 1. The van der Waals surface area contributed by atoms with Crippen LogP contribution in [0.15, 0.2) is 42.5 Å². The quantitative estimate of drug-likeness (QED) is 0.853. The Morgan fingerprint density at radius 2 is 1.77 bits per heavy atom. The lowest BCUT2D eigenvalue weighted by molar-refractivity contribution is -0.120. The highest BCUT2D eigenvalue weighted by atomic mass is 19.1. The van der Waals surface area contributed by atoms with Crippen molar-refractivity contribution in [1.29, 1.82) is 0 Å². The molecular weight excluding hydrogens is 331 g/mol. The van der Waals surface area contributed by atoms with Gasteiger partial charge in [0.05, 0.1) is 11.3 Å². The molecule has 2 aromatic rings. The highest BCUT2D eigenvalue weighted by molar-refractivity contribution is 6.06. The van der Waals surface area contributed by atoms with E-state index in [1.807, 2.05) is 33.8 Å². The van der Waals surface area contributed by atoms with Crippen molar-refractivity contribution in [2.24, 2.45) is 5.92 Å². The van der Waals surface area contributed by atoms with Gasteiger partial charge in [-0.3, -0.25) is 9.59 Å². The van der Waals surface area contributed by atoms with Gasteiger partial charge in [-0.05, 0) is 61.2 Å². The highest BCUT2D eigenvalue weighted by Crippen LogP contribution is 2.39. The molecule has 0 aliphatic carbocycles. The third-order valence-electron chi connectivity index (χ3n) is 4.95. The fraction of sp³-hybridized carbons (Fsp3) is 0.333. The maximum Gasteiger partial charge on any atom is 0.234 e. The predicted octanol–water partition coefficient (Wildman–Crippen LogP) is 4.43. The van der Waals surface area contributed by atoms with Crippen molar-refractivity contribution in [3.05, 3.63) is 59.4 Å². The van der Waals surface area contributed by atoms with Crippen LogP contribution in [0.1, 0.15) is 44.7 Å². The van der Waals surface area contributed by atoms with Crippen LogP contribution in [-0.2, 0) is 15.0 Å². The molecule has 2 N–H and O–H groups in total. The van der Waals surface area contributed by atoms with E-state index >= 15 is 0 Å². The van der Waals surface area contributed by atoms with Crippen molar-refractivity contribution in [2.45, 2.75) is 39.0 Å². The zero-order valence-corrected chi connectivity index (χ0v) is 15.4. The maximum absolute atomic E-state index is 13.2. The molecule has 0 spiro atoms.